The van der Waals surface area contributed by atoms with Gasteiger partial charge in [0, 0.05) is 13.2 Å². The summed E-state index contributed by atoms with van der Waals surface area (Å²) in [6.07, 6.45) is 1.15. The average Bonchev–Trinajstić information content (AvgIpc) is 2.63. The van der Waals surface area contributed by atoms with Gasteiger partial charge in [0.05, 0.1) is 18.0 Å². The number of ether oxygens (including phenoxy) is 1. The van der Waals surface area contributed by atoms with Crippen LogP contribution in [0, 0.1) is 6.92 Å². The third kappa shape index (κ3) is 3.29. The topological polar surface area (TPSA) is 84.1 Å². The maximum absolute atomic E-state index is 11.8. The number of aromatic nitrogens is 2. The molecule has 0 aliphatic heterocycles. The molecular formula is C9H17N3O3S. The Kier molecular flexibility index (Phi) is 4.45. The van der Waals surface area contributed by atoms with Crippen molar-refractivity contribution in [2.24, 2.45) is 0 Å². The van der Waals surface area contributed by atoms with Gasteiger partial charge in [-0.25, -0.2) is 13.1 Å². The molecule has 2 N–H and O–H groups in total. The van der Waals surface area contributed by atoms with E-state index >= 15 is 0 Å². The minimum absolute atomic E-state index is 0.146. The van der Waals surface area contributed by atoms with Crippen LogP contribution in [-0.4, -0.2) is 37.9 Å². The predicted molar refractivity (Wildman–Crippen MR) is 59.6 cm³/mol. The van der Waals surface area contributed by atoms with Crippen LogP contribution in [0.3, 0.4) is 0 Å². The highest BCUT2D eigenvalue weighted by Gasteiger charge is 2.18. The van der Waals surface area contributed by atoms with E-state index in [0.29, 0.717) is 12.3 Å². The zero-order chi connectivity index (χ0) is 12.2. The highest BCUT2D eigenvalue weighted by molar-refractivity contribution is 7.89. The van der Waals surface area contributed by atoms with Gasteiger partial charge < -0.3 is 4.74 Å². The highest BCUT2D eigenvalue weighted by atomic mass is 32.2. The number of aromatic amines is 1. The SMILES string of the molecule is CCOC(C)CNS(=O)(=O)c1cn[nH]c1C. The van der Waals surface area contributed by atoms with Crippen LogP contribution in [-0.2, 0) is 14.8 Å². The Morgan fingerprint density at radius 2 is 2.31 bits per heavy atom. The Balaban J connectivity index is 2.63. The first-order valence-electron chi connectivity index (χ1n) is 5.08. The molecule has 0 aromatic carbocycles. The summed E-state index contributed by atoms with van der Waals surface area (Å²) in [6.45, 7) is 6.15. The van der Waals surface area contributed by atoms with Gasteiger partial charge in [0.25, 0.3) is 0 Å². The lowest BCUT2D eigenvalue weighted by Gasteiger charge is -2.12. The molecule has 0 aliphatic carbocycles. The lowest BCUT2D eigenvalue weighted by atomic mass is 10.4. The van der Waals surface area contributed by atoms with Crippen molar-refractivity contribution in [2.75, 3.05) is 13.2 Å². The van der Waals surface area contributed by atoms with E-state index < -0.39 is 10.0 Å². The number of nitrogens with zero attached hydrogens (tertiary/aromatic N) is 1. The lowest BCUT2D eigenvalue weighted by Crippen LogP contribution is -2.32. The van der Waals surface area contributed by atoms with Crippen molar-refractivity contribution in [1.82, 2.24) is 14.9 Å². The van der Waals surface area contributed by atoms with Gasteiger partial charge in [-0.1, -0.05) is 0 Å². The highest BCUT2D eigenvalue weighted by Crippen LogP contribution is 2.10. The fourth-order valence-corrected chi connectivity index (χ4v) is 2.51. The van der Waals surface area contributed by atoms with Gasteiger partial charge in [0.1, 0.15) is 4.90 Å². The summed E-state index contributed by atoms with van der Waals surface area (Å²) in [5, 5.41) is 6.26. The number of hydrogen-bond donors (Lipinski definition) is 2. The van der Waals surface area contributed by atoms with Crippen LogP contribution in [0.1, 0.15) is 19.5 Å². The van der Waals surface area contributed by atoms with Gasteiger partial charge >= 0.3 is 0 Å². The van der Waals surface area contributed by atoms with Crippen LogP contribution in [0.4, 0.5) is 0 Å². The molecule has 1 aromatic heterocycles. The Hall–Kier alpha value is -0.920. The van der Waals surface area contributed by atoms with Crippen LogP contribution in [0.15, 0.2) is 11.1 Å². The van der Waals surface area contributed by atoms with Gasteiger partial charge in [-0.2, -0.15) is 5.10 Å². The Bertz CT molecular complexity index is 427. The molecule has 0 bridgehead atoms. The van der Waals surface area contributed by atoms with Gasteiger partial charge in [-0.05, 0) is 20.8 Å². The lowest BCUT2D eigenvalue weighted by molar-refractivity contribution is 0.0799. The quantitative estimate of drug-likeness (QED) is 0.763. The molecule has 0 saturated heterocycles. The molecule has 1 rings (SSSR count). The third-order valence-electron chi connectivity index (χ3n) is 2.09. The molecule has 1 unspecified atom stereocenters. The molecule has 0 amide bonds. The molecule has 1 aromatic rings. The maximum atomic E-state index is 11.8. The Morgan fingerprint density at radius 3 is 2.81 bits per heavy atom. The van der Waals surface area contributed by atoms with Crippen LogP contribution in [0.2, 0.25) is 0 Å². The largest absolute Gasteiger partial charge is 0.377 e. The van der Waals surface area contributed by atoms with Crippen molar-refractivity contribution in [2.45, 2.75) is 31.8 Å². The predicted octanol–water partition coefficient (Wildman–Crippen LogP) is 0.421. The van der Waals surface area contributed by atoms with Crippen LogP contribution < -0.4 is 4.72 Å². The normalized spacial score (nSPS) is 13.9. The first-order valence-corrected chi connectivity index (χ1v) is 6.57. The van der Waals surface area contributed by atoms with Gasteiger partial charge in [0.15, 0.2) is 0 Å². The van der Waals surface area contributed by atoms with Gasteiger partial charge in [0.2, 0.25) is 10.0 Å². The second-order valence-electron chi connectivity index (χ2n) is 3.48. The van der Waals surface area contributed by atoms with E-state index in [-0.39, 0.29) is 17.5 Å². The fourth-order valence-electron chi connectivity index (χ4n) is 1.26. The first-order chi connectivity index (χ1) is 7.47. The molecule has 16 heavy (non-hydrogen) atoms. The van der Waals surface area contributed by atoms with E-state index in [1.54, 1.807) is 6.92 Å². The molecular weight excluding hydrogens is 230 g/mol. The number of sulfonamides is 1. The number of hydrogen-bond acceptors (Lipinski definition) is 4. The van der Waals surface area contributed by atoms with Gasteiger partial charge in [-0.3, -0.25) is 5.10 Å². The summed E-state index contributed by atoms with van der Waals surface area (Å²) in [6, 6.07) is 0. The monoisotopic (exact) mass is 247 g/mol. The molecule has 1 heterocycles. The third-order valence-corrected chi connectivity index (χ3v) is 3.62. The molecule has 0 aliphatic rings. The molecule has 0 saturated carbocycles. The smallest absolute Gasteiger partial charge is 0.244 e. The van der Waals surface area contributed by atoms with Crippen molar-refractivity contribution >= 4 is 10.0 Å². The zero-order valence-electron chi connectivity index (χ0n) is 9.65. The summed E-state index contributed by atoms with van der Waals surface area (Å²) >= 11 is 0. The van der Waals surface area contributed by atoms with Crippen LogP contribution >= 0.6 is 0 Å². The summed E-state index contributed by atoms with van der Waals surface area (Å²) in [4.78, 5) is 0.177. The number of H-pyrrole nitrogens is 1. The first kappa shape index (κ1) is 13.1. The zero-order valence-corrected chi connectivity index (χ0v) is 10.5. The standard InChI is InChI=1S/C9H17N3O3S/c1-4-15-7(2)5-11-16(13,14)9-6-10-12-8(9)3/h6-7,11H,4-5H2,1-3H3,(H,10,12). The summed E-state index contributed by atoms with van der Waals surface area (Å²) in [7, 11) is -3.48. The van der Waals surface area contributed by atoms with E-state index in [4.69, 9.17) is 4.74 Å². The second-order valence-corrected chi connectivity index (χ2v) is 5.21. The number of rotatable bonds is 6. The van der Waals surface area contributed by atoms with Crippen molar-refractivity contribution in [3.63, 3.8) is 0 Å². The molecule has 1 atom stereocenters. The Labute approximate surface area is 95.4 Å². The Morgan fingerprint density at radius 1 is 1.62 bits per heavy atom. The van der Waals surface area contributed by atoms with E-state index in [9.17, 15) is 8.42 Å². The summed E-state index contributed by atoms with van der Waals surface area (Å²) in [5.74, 6) is 0. The van der Waals surface area contributed by atoms with Crippen molar-refractivity contribution in [3.8, 4) is 0 Å². The molecule has 0 spiro atoms. The van der Waals surface area contributed by atoms with E-state index in [1.807, 2.05) is 13.8 Å². The molecule has 0 radical (unpaired) electrons. The average molecular weight is 247 g/mol. The molecule has 92 valence electrons. The molecule has 0 fully saturated rings. The van der Waals surface area contributed by atoms with Crippen molar-refractivity contribution in [1.29, 1.82) is 0 Å². The minimum Gasteiger partial charge on any atom is -0.377 e. The van der Waals surface area contributed by atoms with Crippen molar-refractivity contribution in [3.05, 3.63) is 11.9 Å². The van der Waals surface area contributed by atoms with Gasteiger partial charge in [-0.15, -0.1) is 0 Å². The number of aryl methyl sites for hydroxylation is 1. The van der Waals surface area contributed by atoms with Crippen LogP contribution in [0.5, 0.6) is 0 Å². The maximum Gasteiger partial charge on any atom is 0.244 e. The van der Waals surface area contributed by atoms with Crippen LogP contribution in [0.25, 0.3) is 0 Å². The van der Waals surface area contributed by atoms with E-state index in [1.165, 1.54) is 6.20 Å². The fraction of sp³-hybridized carbons (Fsp3) is 0.667. The molecule has 6 nitrogen and oxygen atoms in total. The summed E-state index contributed by atoms with van der Waals surface area (Å²) < 4.78 is 31.3. The number of nitrogens with one attached hydrogen (secondary N) is 2. The van der Waals surface area contributed by atoms with Crippen molar-refractivity contribution < 1.29 is 13.2 Å². The van der Waals surface area contributed by atoms with E-state index in [0.717, 1.165) is 0 Å². The second kappa shape index (κ2) is 5.42. The summed E-state index contributed by atoms with van der Waals surface area (Å²) in [5.41, 5.74) is 0.525. The minimum atomic E-state index is -3.48. The molecule has 7 heteroatoms. The van der Waals surface area contributed by atoms with E-state index in [2.05, 4.69) is 14.9 Å².